The molecule has 6 amide bonds. The zero-order chi connectivity index (χ0) is 68.0. The minimum atomic E-state index is -0.458. The highest BCUT2D eigenvalue weighted by atomic mass is 16.5. The molecule has 0 aliphatic carbocycles. The molecule has 0 saturated carbocycles. The number of hydrogen-bond acceptors (Lipinski definition) is 18. The second-order valence-electron chi connectivity index (χ2n) is 23.0. The summed E-state index contributed by atoms with van der Waals surface area (Å²) in [6.45, 7) is 19.7. The van der Waals surface area contributed by atoms with Crippen LogP contribution in [0.4, 0.5) is 0 Å². The van der Waals surface area contributed by atoms with Gasteiger partial charge in [0.25, 0.3) is 35.4 Å². The second-order valence-corrected chi connectivity index (χ2v) is 23.0. The summed E-state index contributed by atoms with van der Waals surface area (Å²) in [6.07, 6.45) is 11.6. The van der Waals surface area contributed by atoms with Gasteiger partial charge < -0.3 is 80.3 Å². The molecule has 24 nitrogen and oxygen atoms in total. The van der Waals surface area contributed by atoms with Gasteiger partial charge in [-0.3, -0.25) is 38.6 Å². The molecule has 0 spiro atoms. The van der Waals surface area contributed by atoms with Crippen molar-refractivity contribution in [3.8, 4) is 34.5 Å². The molecule has 7 rings (SSSR count). The van der Waals surface area contributed by atoms with Crippen LogP contribution in [0.25, 0.3) is 0 Å². The monoisotopic (exact) mass is 1320 g/mol. The van der Waals surface area contributed by atoms with E-state index in [2.05, 4.69) is 36.8 Å². The molecule has 4 bridgehead atoms. The van der Waals surface area contributed by atoms with Gasteiger partial charge in [-0.2, -0.15) is 0 Å². The topological polar surface area (TPSA) is 290 Å². The maximum absolute atomic E-state index is 14.5. The van der Waals surface area contributed by atoms with Gasteiger partial charge >= 0.3 is 0 Å². The number of nitrogens with zero attached hydrogens (tertiary/aromatic N) is 2. The van der Waals surface area contributed by atoms with Crippen LogP contribution in [0.5, 0.6) is 34.5 Å². The largest absolute Gasteiger partial charge is 0.489 e. The summed E-state index contributed by atoms with van der Waals surface area (Å²) in [4.78, 5) is 90.0. The van der Waals surface area contributed by atoms with Crippen LogP contribution in [-0.2, 0) is 14.2 Å². The lowest BCUT2D eigenvalue weighted by atomic mass is 10.1. The van der Waals surface area contributed by atoms with Crippen LogP contribution in [0.1, 0.15) is 200 Å². The third-order valence-electron chi connectivity index (χ3n) is 15.4. The SMILES string of the molecule is CCCCOc1c(C(=O)NCCCCCN)ccc(C(=O)NCCN2CCNC(=O)c3ccc(c(OCCCC)c3OCCCC)C(=O)NCCN(CCOCCOCCOC)CCNC(=O)c3ccc(c(OCCCC)c3OCCCC)C(=O)NCC2)c1OCCCC. The van der Waals surface area contributed by atoms with E-state index in [1.54, 1.807) is 43.5 Å². The standard InChI is InChI=1S/C70H113N9O15/c1-8-14-42-89-59-53(65(80)72-30-22-20-21-29-71)23-24-54(60(59)90-43-15-9-2)66(81)73-31-36-78-37-32-74-67(82)55-25-27-57(63(93-46-18-12-5)61(55)91-44-16-10-3)69(84)76-34-39-79(41-48-87-51-52-88-50-49-86-7)40-35-77-70(85)58-28-26-56(68(83)75-33-38-78)62(92-45-17-11-4)64(58)94-47-19-13-6/h23-28H,8-22,29-52,71H2,1-7H3,(H,72,80)(H,73,81)(H,74,82)(H,75,83)(H,76,84)(H,77,85). The lowest BCUT2D eigenvalue weighted by Gasteiger charge is -2.25. The summed E-state index contributed by atoms with van der Waals surface area (Å²) in [5, 5.41) is 18.3. The highest BCUT2D eigenvalue weighted by molar-refractivity contribution is 6.05. The minimum absolute atomic E-state index is 0.120. The van der Waals surface area contributed by atoms with Crippen molar-refractivity contribution in [2.75, 3.05) is 165 Å². The van der Waals surface area contributed by atoms with Gasteiger partial charge in [-0.05, 0) is 94.3 Å². The van der Waals surface area contributed by atoms with Gasteiger partial charge in [-0.1, -0.05) is 86.5 Å². The average Bonchev–Trinajstić information content (AvgIpc) is 0.832. The Hall–Kier alpha value is -6.96. The fourth-order valence-corrected chi connectivity index (χ4v) is 9.72. The first kappa shape index (κ1) is 79.5. The zero-order valence-corrected chi connectivity index (χ0v) is 57.6. The first-order valence-corrected chi connectivity index (χ1v) is 34.7. The predicted octanol–water partition coefficient (Wildman–Crippen LogP) is 7.97. The fraction of sp³-hybridized carbons (Fsp3) is 0.657. The Morgan fingerprint density at radius 2 is 0.713 bits per heavy atom. The molecule has 94 heavy (non-hydrogen) atoms. The molecule has 4 heterocycles. The maximum atomic E-state index is 14.5. The lowest BCUT2D eigenvalue weighted by Crippen LogP contribution is -2.43. The molecule has 0 atom stereocenters. The number of carbonyl (C=O) groups is 6. The van der Waals surface area contributed by atoms with Crippen LogP contribution in [-0.4, -0.2) is 210 Å². The van der Waals surface area contributed by atoms with Crippen molar-refractivity contribution < 1.29 is 71.4 Å². The fourth-order valence-electron chi connectivity index (χ4n) is 9.72. The Kier molecular flexibility index (Phi) is 41.2. The average molecular weight is 1320 g/mol. The number of nitrogens with one attached hydrogen (secondary N) is 6. The smallest absolute Gasteiger partial charge is 0.255 e. The Balaban J connectivity index is 1.76. The quantitative estimate of drug-likeness (QED) is 0.0264. The van der Waals surface area contributed by atoms with Crippen LogP contribution in [0.3, 0.4) is 0 Å². The van der Waals surface area contributed by atoms with Crippen molar-refractivity contribution in [1.82, 2.24) is 41.7 Å². The van der Waals surface area contributed by atoms with Crippen molar-refractivity contribution >= 4 is 35.4 Å². The third kappa shape index (κ3) is 28.6. The highest BCUT2D eigenvalue weighted by Crippen LogP contribution is 2.39. The van der Waals surface area contributed by atoms with E-state index in [1.165, 1.54) is 0 Å². The molecule has 528 valence electrons. The molecular formula is C70H113N9O15. The molecule has 0 radical (unpaired) electrons. The summed E-state index contributed by atoms with van der Waals surface area (Å²) in [6, 6.07) is 9.50. The van der Waals surface area contributed by atoms with Crippen molar-refractivity contribution in [3.05, 3.63) is 69.8 Å². The van der Waals surface area contributed by atoms with Gasteiger partial charge in [0.15, 0.2) is 34.5 Å². The normalized spacial score (nSPS) is 14.0. The van der Waals surface area contributed by atoms with Gasteiger partial charge in [0.1, 0.15) is 0 Å². The Bertz CT molecular complexity index is 2590. The third-order valence-corrected chi connectivity index (χ3v) is 15.4. The lowest BCUT2D eigenvalue weighted by molar-refractivity contribution is 0.0196. The molecule has 24 heteroatoms. The number of hydrogen-bond donors (Lipinski definition) is 7. The van der Waals surface area contributed by atoms with Gasteiger partial charge in [-0.15, -0.1) is 0 Å². The summed E-state index contributed by atoms with van der Waals surface area (Å²) in [7, 11) is 1.61. The molecule has 3 aromatic carbocycles. The number of benzene rings is 3. The van der Waals surface area contributed by atoms with Gasteiger partial charge in [0, 0.05) is 85.6 Å². The minimum Gasteiger partial charge on any atom is -0.489 e. The van der Waals surface area contributed by atoms with Crippen molar-refractivity contribution in [3.63, 3.8) is 0 Å². The number of carbonyl (C=O) groups excluding carboxylic acids is 6. The summed E-state index contributed by atoms with van der Waals surface area (Å²) < 4.78 is 54.8. The van der Waals surface area contributed by atoms with E-state index < -0.39 is 29.5 Å². The second kappa shape index (κ2) is 48.7. The Morgan fingerprint density at radius 3 is 1.05 bits per heavy atom. The van der Waals surface area contributed by atoms with E-state index in [9.17, 15) is 28.8 Å². The van der Waals surface area contributed by atoms with Gasteiger partial charge in [-0.25, -0.2) is 0 Å². The summed E-state index contributed by atoms with van der Waals surface area (Å²) >= 11 is 0. The van der Waals surface area contributed by atoms with E-state index in [0.29, 0.717) is 117 Å². The number of nitrogens with two attached hydrogens (primary N) is 1. The number of ether oxygens (including phenoxy) is 9. The maximum Gasteiger partial charge on any atom is 0.255 e. The molecular weight excluding hydrogens is 1210 g/mol. The first-order chi connectivity index (χ1) is 45.9. The van der Waals surface area contributed by atoms with E-state index >= 15 is 0 Å². The zero-order valence-electron chi connectivity index (χ0n) is 57.6. The Morgan fingerprint density at radius 1 is 0.394 bits per heavy atom. The van der Waals surface area contributed by atoms with Crippen LogP contribution < -0.4 is 66.1 Å². The number of rotatable bonds is 43. The van der Waals surface area contributed by atoms with Crippen LogP contribution >= 0.6 is 0 Å². The molecule has 8 N–H and O–H groups in total. The van der Waals surface area contributed by atoms with Crippen LogP contribution in [0.2, 0.25) is 0 Å². The number of methoxy groups -OCH3 is 1. The summed E-state index contributed by atoms with van der Waals surface area (Å²) in [5.74, 6) is -1.50. The predicted molar refractivity (Wildman–Crippen MR) is 365 cm³/mol. The Labute approximate surface area is 559 Å². The van der Waals surface area contributed by atoms with E-state index in [-0.39, 0.29) is 153 Å². The molecule has 0 fully saturated rings. The highest BCUT2D eigenvalue weighted by Gasteiger charge is 2.29. The molecule has 0 aromatic heterocycles. The van der Waals surface area contributed by atoms with Crippen molar-refractivity contribution in [2.45, 2.75) is 138 Å². The molecule has 4 aliphatic heterocycles. The molecule has 4 aliphatic rings. The summed E-state index contributed by atoms with van der Waals surface area (Å²) in [5.41, 5.74) is 6.95. The van der Waals surface area contributed by atoms with E-state index in [1.807, 2.05) is 46.4 Å². The van der Waals surface area contributed by atoms with Crippen LogP contribution in [0, 0.1) is 0 Å². The van der Waals surface area contributed by atoms with Crippen molar-refractivity contribution in [2.24, 2.45) is 5.73 Å². The first-order valence-electron chi connectivity index (χ1n) is 34.7. The van der Waals surface area contributed by atoms with Crippen molar-refractivity contribution in [1.29, 1.82) is 0 Å². The van der Waals surface area contributed by atoms with E-state index in [0.717, 1.165) is 57.8 Å². The number of amides is 6. The van der Waals surface area contributed by atoms with Gasteiger partial charge in [0.2, 0.25) is 0 Å². The molecule has 3 aromatic rings. The molecule has 0 saturated heterocycles. The number of unbranched alkanes of at least 4 members (excludes halogenated alkanes) is 8. The van der Waals surface area contributed by atoms with E-state index in [4.69, 9.17) is 48.4 Å². The van der Waals surface area contributed by atoms with Crippen LogP contribution in [0.15, 0.2) is 36.4 Å². The van der Waals surface area contributed by atoms with Gasteiger partial charge in [0.05, 0.1) is 106 Å². The molecule has 0 unspecified atom stereocenters.